The second-order valence-corrected chi connectivity index (χ2v) is 4.37. The average molecular weight is 263 g/mol. The van der Waals surface area contributed by atoms with Gasteiger partial charge in [-0.15, -0.1) is 0 Å². The number of hydrogen-bond acceptors (Lipinski definition) is 4. The van der Waals surface area contributed by atoms with Crippen LogP contribution in [0.1, 0.15) is 5.56 Å². The first-order valence-corrected chi connectivity index (χ1v) is 6.29. The highest BCUT2D eigenvalue weighted by molar-refractivity contribution is 5.80. The molecule has 4 heteroatoms. The molecule has 0 spiro atoms. The largest absolute Gasteiger partial charge is 0.392 e. The summed E-state index contributed by atoms with van der Waals surface area (Å²) < 4.78 is 0. The van der Waals surface area contributed by atoms with E-state index in [4.69, 9.17) is 0 Å². The highest BCUT2D eigenvalue weighted by Gasteiger charge is 2.10. The van der Waals surface area contributed by atoms with Crippen molar-refractivity contribution in [3.05, 3.63) is 66.9 Å². The SMILES string of the molecule is OCc1cnc(-c2ccncc2)c(-c2ccncc2)c1. The Bertz CT molecular complexity index is 699. The Morgan fingerprint density at radius 2 is 1.45 bits per heavy atom. The molecule has 98 valence electrons. The molecule has 0 aliphatic heterocycles. The lowest BCUT2D eigenvalue weighted by Gasteiger charge is -2.10. The van der Waals surface area contributed by atoms with Gasteiger partial charge in [-0.25, -0.2) is 0 Å². The van der Waals surface area contributed by atoms with Gasteiger partial charge in [-0.2, -0.15) is 0 Å². The molecule has 3 aromatic rings. The number of aromatic nitrogens is 3. The van der Waals surface area contributed by atoms with Crippen molar-refractivity contribution in [2.24, 2.45) is 0 Å². The predicted octanol–water partition coefficient (Wildman–Crippen LogP) is 2.70. The summed E-state index contributed by atoms with van der Waals surface area (Å²) in [6.07, 6.45) is 8.68. The summed E-state index contributed by atoms with van der Waals surface area (Å²) in [6, 6.07) is 9.67. The van der Waals surface area contributed by atoms with Gasteiger partial charge in [-0.3, -0.25) is 15.0 Å². The van der Waals surface area contributed by atoms with Crippen LogP contribution in [-0.4, -0.2) is 20.1 Å². The number of aliphatic hydroxyl groups is 1. The summed E-state index contributed by atoms with van der Waals surface area (Å²) in [6.45, 7) is -0.0261. The van der Waals surface area contributed by atoms with Gasteiger partial charge in [0, 0.05) is 42.1 Å². The van der Waals surface area contributed by atoms with Gasteiger partial charge in [0.25, 0.3) is 0 Å². The summed E-state index contributed by atoms with van der Waals surface area (Å²) in [4.78, 5) is 12.6. The van der Waals surface area contributed by atoms with Gasteiger partial charge in [-0.1, -0.05) is 0 Å². The normalized spacial score (nSPS) is 10.4. The molecule has 0 aliphatic carbocycles. The van der Waals surface area contributed by atoms with E-state index >= 15 is 0 Å². The average Bonchev–Trinajstić information content (AvgIpc) is 2.56. The highest BCUT2D eigenvalue weighted by atomic mass is 16.3. The molecule has 3 heterocycles. The van der Waals surface area contributed by atoms with Gasteiger partial charge in [0.05, 0.1) is 12.3 Å². The summed E-state index contributed by atoms with van der Waals surface area (Å²) >= 11 is 0. The maximum absolute atomic E-state index is 9.31. The molecular weight excluding hydrogens is 250 g/mol. The fourth-order valence-electron chi connectivity index (χ4n) is 2.09. The molecule has 1 N–H and O–H groups in total. The molecule has 0 atom stereocenters. The van der Waals surface area contributed by atoms with E-state index in [9.17, 15) is 5.11 Å². The van der Waals surface area contributed by atoms with Crippen LogP contribution in [0.5, 0.6) is 0 Å². The third-order valence-electron chi connectivity index (χ3n) is 3.07. The number of rotatable bonds is 3. The van der Waals surface area contributed by atoms with E-state index in [1.54, 1.807) is 31.0 Å². The van der Waals surface area contributed by atoms with Crippen LogP contribution in [0.2, 0.25) is 0 Å². The zero-order chi connectivity index (χ0) is 13.8. The predicted molar refractivity (Wildman–Crippen MR) is 76.6 cm³/mol. The standard InChI is InChI=1S/C16H13N3O/c20-11-12-9-15(13-1-5-17-6-2-13)16(19-10-12)14-3-7-18-8-4-14/h1-10,20H,11H2. The molecule has 20 heavy (non-hydrogen) atoms. The van der Waals surface area contributed by atoms with Crippen molar-refractivity contribution in [1.29, 1.82) is 0 Å². The first kappa shape index (κ1) is 12.4. The first-order valence-electron chi connectivity index (χ1n) is 6.29. The summed E-state index contributed by atoms with van der Waals surface area (Å²) in [5, 5.41) is 9.31. The lowest BCUT2D eigenvalue weighted by Crippen LogP contribution is -1.93. The second-order valence-electron chi connectivity index (χ2n) is 4.37. The molecule has 0 fully saturated rings. The molecule has 0 amide bonds. The minimum absolute atomic E-state index is 0.0261. The molecule has 0 radical (unpaired) electrons. The van der Waals surface area contributed by atoms with Crippen LogP contribution < -0.4 is 0 Å². The molecule has 0 saturated heterocycles. The van der Waals surface area contributed by atoms with Crippen LogP contribution in [0.25, 0.3) is 22.4 Å². The Balaban J connectivity index is 2.20. The van der Waals surface area contributed by atoms with Gasteiger partial charge in [0.2, 0.25) is 0 Å². The molecule has 3 rings (SSSR count). The maximum atomic E-state index is 9.31. The molecule has 3 aromatic heterocycles. The van der Waals surface area contributed by atoms with Gasteiger partial charge in [-0.05, 0) is 41.5 Å². The number of nitrogens with zero attached hydrogens (tertiary/aromatic N) is 3. The Labute approximate surface area is 116 Å². The monoisotopic (exact) mass is 263 g/mol. The van der Waals surface area contributed by atoms with E-state index < -0.39 is 0 Å². The molecule has 0 unspecified atom stereocenters. The Kier molecular flexibility index (Phi) is 3.48. The Hall–Kier alpha value is -2.59. The molecule has 0 saturated carbocycles. The van der Waals surface area contributed by atoms with Crippen molar-refractivity contribution in [2.45, 2.75) is 6.61 Å². The highest BCUT2D eigenvalue weighted by Crippen LogP contribution is 2.30. The van der Waals surface area contributed by atoms with Crippen molar-refractivity contribution in [1.82, 2.24) is 15.0 Å². The van der Waals surface area contributed by atoms with Crippen molar-refractivity contribution < 1.29 is 5.11 Å². The van der Waals surface area contributed by atoms with E-state index in [1.165, 1.54) is 0 Å². The van der Waals surface area contributed by atoms with Gasteiger partial charge < -0.3 is 5.11 Å². The fourth-order valence-corrected chi connectivity index (χ4v) is 2.09. The van der Waals surface area contributed by atoms with Gasteiger partial charge in [0.15, 0.2) is 0 Å². The van der Waals surface area contributed by atoms with Crippen LogP contribution >= 0.6 is 0 Å². The third-order valence-corrected chi connectivity index (χ3v) is 3.07. The second kappa shape index (κ2) is 5.59. The number of hydrogen-bond donors (Lipinski definition) is 1. The fraction of sp³-hybridized carbons (Fsp3) is 0.0625. The Morgan fingerprint density at radius 1 is 0.850 bits per heavy atom. The van der Waals surface area contributed by atoms with E-state index in [2.05, 4.69) is 15.0 Å². The number of pyridine rings is 3. The lowest BCUT2D eigenvalue weighted by atomic mass is 9.99. The van der Waals surface area contributed by atoms with Crippen molar-refractivity contribution >= 4 is 0 Å². The van der Waals surface area contributed by atoms with Crippen LogP contribution in [0, 0.1) is 0 Å². The summed E-state index contributed by atoms with van der Waals surface area (Å²) in [5.41, 5.74) is 4.65. The quantitative estimate of drug-likeness (QED) is 0.789. The minimum Gasteiger partial charge on any atom is -0.392 e. The zero-order valence-corrected chi connectivity index (χ0v) is 10.8. The van der Waals surface area contributed by atoms with E-state index in [0.717, 1.165) is 27.9 Å². The van der Waals surface area contributed by atoms with Crippen LogP contribution in [-0.2, 0) is 6.61 Å². The first-order chi connectivity index (χ1) is 9.88. The Morgan fingerprint density at radius 3 is 2.05 bits per heavy atom. The molecule has 4 nitrogen and oxygen atoms in total. The van der Waals surface area contributed by atoms with Crippen molar-refractivity contribution in [3.8, 4) is 22.4 Å². The van der Waals surface area contributed by atoms with Crippen LogP contribution in [0.3, 0.4) is 0 Å². The lowest BCUT2D eigenvalue weighted by molar-refractivity contribution is 0.281. The maximum Gasteiger partial charge on any atom is 0.0781 e. The third kappa shape index (κ3) is 2.41. The smallest absolute Gasteiger partial charge is 0.0781 e. The molecular formula is C16H13N3O. The molecule has 0 bridgehead atoms. The summed E-state index contributed by atoms with van der Waals surface area (Å²) in [7, 11) is 0. The van der Waals surface area contributed by atoms with E-state index in [-0.39, 0.29) is 6.61 Å². The van der Waals surface area contributed by atoms with Gasteiger partial charge in [0.1, 0.15) is 0 Å². The van der Waals surface area contributed by atoms with Gasteiger partial charge >= 0.3 is 0 Å². The van der Waals surface area contributed by atoms with E-state index in [0.29, 0.717) is 0 Å². The minimum atomic E-state index is -0.0261. The van der Waals surface area contributed by atoms with Crippen molar-refractivity contribution in [2.75, 3.05) is 0 Å². The van der Waals surface area contributed by atoms with E-state index in [1.807, 2.05) is 30.3 Å². The van der Waals surface area contributed by atoms with Crippen LogP contribution in [0.15, 0.2) is 61.3 Å². The number of aliphatic hydroxyl groups excluding tert-OH is 1. The van der Waals surface area contributed by atoms with Crippen molar-refractivity contribution in [3.63, 3.8) is 0 Å². The topological polar surface area (TPSA) is 58.9 Å². The summed E-state index contributed by atoms with van der Waals surface area (Å²) in [5.74, 6) is 0. The zero-order valence-electron chi connectivity index (χ0n) is 10.8. The molecule has 0 aliphatic rings. The molecule has 0 aromatic carbocycles. The van der Waals surface area contributed by atoms with Crippen LogP contribution in [0.4, 0.5) is 0 Å².